The molecule has 218 valence electrons. The minimum absolute atomic E-state index is 0.0509. The van der Waals surface area contributed by atoms with Crippen molar-refractivity contribution in [3.8, 4) is 0 Å². The summed E-state index contributed by atoms with van der Waals surface area (Å²) in [6.07, 6.45) is 12.3. The van der Waals surface area contributed by atoms with E-state index < -0.39 is 41.1 Å². The smallest absolute Gasteiger partial charge is 0.210 e. The average Bonchev–Trinajstić information content (AvgIpc) is 2.90. The first kappa shape index (κ1) is 35.9. The molecule has 0 aromatic carbocycles. The average molecular weight is 527 g/mol. The second-order valence-corrected chi connectivity index (χ2v) is 10.9. The van der Waals surface area contributed by atoms with Gasteiger partial charge in [-0.1, -0.05) is 118 Å². The zero-order chi connectivity index (χ0) is 28.1. The number of carbonyl (C=O) groups is 3. The standard InChI is InChI=1S/C31H58O6/c1-5-9-12-14-16-18-20-23-26(32)28(34)30(36)31(37,29(35)25(8-4)22-11-7-3)27(33)24-21-19-17-15-13-10-6-2/h25,28,30,34,36-37H,5-24H2,1-4H3. The van der Waals surface area contributed by atoms with Crippen molar-refractivity contribution in [2.45, 2.75) is 174 Å². The van der Waals surface area contributed by atoms with E-state index in [-0.39, 0.29) is 12.8 Å². The van der Waals surface area contributed by atoms with Crippen molar-refractivity contribution in [1.82, 2.24) is 0 Å². The first-order valence-corrected chi connectivity index (χ1v) is 15.4. The molecule has 0 heterocycles. The highest BCUT2D eigenvalue weighted by Gasteiger charge is 2.54. The predicted octanol–water partition coefficient (Wildman–Crippen LogP) is 6.64. The van der Waals surface area contributed by atoms with Gasteiger partial charge in [0.2, 0.25) is 5.60 Å². The Hall–Kier alpha value is -1.11. The summed E-state index contributed by atoms with van der Waals surface area (Å²) in [6.45, 7) is 8.12. The lowest BCUT2D eigenvalue weighted by Gasteiger charge is -2.35. The van der Waals surface area contributed by atoms with Crippen molar-refractivity contribution in [3.63, 3.8) is 0 Å². The Balaban J connectivity index is 5.29. The first-order valence-electron chi connectivity index (χ1n) is 15.4. The number of aliphatic hydroxyl groups is 3. The van der Waals surface area contributed by atoms with E-state index in [0.717, 1.165) is 64.2 Å². The number of carbonyl (C=O) groups excluding carboxylic acids is 3. The van der Waals surface area contributed by atoms with E-state index >= 15 is 0 Å². The Labute approximate surface area is 227 Å². The van der Waals surface area contributed by atoms with Gasteiger partial charge in [0.25, 0.3) is 0 Å². The maximum absolute atomic E-state index is 13.5. The van der Waals surface area contributed by atoms with Gasteiger partial charge in [-0.3, -0.25) is 14.4 Å². The van der Waals surface area contributed by atoms with Gasteiger partial charge in [-0.2, -0.15) is 0 Å². The monoisotopic (exact) mass is 526 g/mol. The number of aliphatic hydroxyl groups excluding tert-OH is 2. The van der Waals surface area contributed by atoms with Crippen LogP contribution in [0.1, 0.15) is 156 Å². The van der Waals surface area contributed by atoms with Crippen LogP contribution in [-0.4, -0.2) is 50.5 Å². The lowest BCUT2D eigenvalue weighted by Crippen LogP contribution is -2.62. The molecule has 0 amide bonds. The van der Waals surface area contributed by atoms with Gasteiger partial charge in [0.15, 0.2) is 17.3 Å². The molecule has 0 saturated carbocycles. The van der Waals surface area contributed by atoms with Crippen LogP contribution in [0.15, 0.2) is 0 Å². The van der Waals surface area contributed by atoms with Crippen LogP contribution < -0.4 is 0 Å². The van der Waals surface area contributed by atoms with Crippen molar-refractivity contribution in [1.29, 1.82) is 0 Å². The van der Waals surface area contributed by atoms with E-state index in [1.54, 1.807) is 0 Å². The molecule has 0 radical (unpaired) electrons. The zero-order valence-electron chi connectivity index (χ0n) is 24.4. The highest BCUT2D eigenvalue weighted by Crippen LogP contribution is 2.29. The van der Waals surface area contributed by atoms with E-state index in [0.29, 0.717) is 25.7 Å². The van der Waals surface area contributed by atoms with Gasteiger partial charge < -0.3 is 15.3 Å². The Morgan fingerprint density at radius 2 is 1.05 bits per heavy atom. The lowest BCUT2D eigenvalue weighted by atomic mass is 9.75. The molecule has 3 N–H and O–H groups in total. The molecular weight excluding hydrogens is 468 g/mol. The maximum atomic E-state index is 13.5. The van der Waals surface area contributed by atoms with Crippen LogP contribution in [0.5, 0.6) is 0 Å². The molecular formula is C31H58O6. The van der Waals surface area contributed by atoms with Gasteiger partial charge in [-0.05, 0) is 25.7 Å². The van der Waals surface area contributed by atoms with Gasteiger partial charge in [-0.25, -0.2) is 0 Å². The highest BCUT2D eigenvalue weighted by atomic mass is 16.4. The van der Waals surface area contributed by atoms with E-state index in [1.165, 1.54) is 25.7 Å². The Kier molecular flexibility index (Phi) is 21.1. The second kappa shape index (κ2) is 21.8. The minimum atomic E-state index is -2.76. The summed E-state index contributed by atoms with van der Waals surface area (Å²) in [6, 6.07) is 0. The van der Waals surface area contributed by atoms with Crippen LogP contribution in [0.25, 0.3) is 0 Å². The Bertz CT molecular complexity index is 619. The van der Waals surface area contributed by atoms with E-state index in [4.69, 9.17) is 0 Å². The van der Waals surface area contributed by atoms with Crippen LogP contribution in [0, 0.1) is 5.92 Å². The minimum Gasteiger partial charge on any atom is -0.386 e. The lowest BCUT2D eigenvalue weighted by molar-refractivity contribution is -0.177. The summed E-state index contributed by atoms with van der Waals surface area (Å²) in [7, 11) is 0. The van der Waals surface area contributed by atoms with Crippen LogP contribution in [-0.2, 0) is 14.4 Å². The van der Waals surface area contributed by atoms with Crippen LogP contribution >= 0.6 is 0 Å². The van der Waals surface area contributed by atoms with Crippen molar-refractivity contribution in [2.24, 2.45) is 5.92 Å². The topological polar surface area (TPSA) is 112 Å². The third kappa shape index (κ3) is 13.5. The molecule has 0 spiro atoms. The molecule has 0 aliphatic rings. The molecule has 6 heteroatoms. The first-order chi connectivity index (χ1) is 17.7. The van der Waals surface area contributed by atoms with Crippen LogP contribution in [0.3, 0.4) is 0 Å². The Morgan fingerprint density at radius 1 is 0.622 bits per heavy atom. The van der Waals surface area contributed by atoms with Gasteiger partial charge in [0, 0.05) is 18.8 Å². The number of unbranched alkanes of at least 4 members (excludes halogenated alkanes) is 13. The SMILES string of the molecule is CCCCCCCCCC(=O)C(O)C(O)C(O)(C(=O)CCCCCCCCC)C(=O)C(CC)CCCC. The molecule has 0 aromatic heterocycles. The fraction of sp³-hybridized carbons (Fsp3) is 0.903. The number of hydrogen-bond acceptors (Lipinski definition) is 6. The molecule has 37 heavy (non-hydrogen) atoms. The maximum Gasteiger partial charge on any atom is 0.210 e. The van der Waals surface area contributed by atoms with Gasteiger partial charge in [0.05, 0.1) is 0 Å². The normalized spacial score (nSPS) is 15.6. The molecule has 0 saturated heterocycles. The van der Waals surface area contributed by atoms with Crippen molar-refractivity contribution in [3.05, 3.63) is 0 Å². The van der Waals surface area contributed by atoms with Gasteiger partial charge in [0.1, 0.15) is 12.2 Å². The van der Waals surface area contributed by atoms with Crippen molar-refractivity contribution >= 4 is 17.3 Å². The highest BCUT2D eigenvalue weighted by molar-refractivity contribution is 6.12. The van der Waals surface area contributed by atoms with Crippen LogP contribution in [0.4, 0.5) is 0 Å². The van der Waals surface area contributed by atoms with Crippen molar-refractivity contribution in [2.75, 3.05) is 0 Å². The number of hydrogen-bond donors (Lipinski definition) is 3. The summed E-state index contributed by atoms with van der Waals surface area (Å²) in [4.78, 5) is 39.4. The van der Waals surface area contributed by atoms with Crippen LogP contribution in [0.2, 0.25) is 0 Å². The third-order valence-electron chi connectivity index (χ3n) is 7.66. The van der Waals surface area contributed by atoms with Gasteiger partial charge >= 0.3 is 0 Å². The molecule has 0 aliphatic heterocycles. The zero-order valence-corrected chi connectivity index (χ0v) is 24.4. The number of rotatable bonds is 26. The third-order valence-corrected chi connectivity index (χ3v) is 7.66. The van der Waals surface area contributed by atoms with Crippen molar-refractivity contribution < 1.29 is 29.7 Å². The number of ketones is 3. The summed E-state index contributed by atoms with van der Waals surface area (Å²) < 4.78 is 0. The quantitative estimate of drug-likeness (QED) is 0.0860. The van der Waals surface area contributed by atoms with E-state index in [1.807, 2.05) is 13.8 Å². The van der Waals surface area contributed by atoms with E-state index in [9.17, 15) is 29.7 Å². The predicted molar refractivity (Wildman–Crippen MR) is 151 cm³/mol. The summed E-state index contributed by atoms with van der Waals surface area (Å²) in [5, 5.41) is 33.0. The van der Waals surface area contributed by atoms with E-state index in [2.05, 4.69) is 13.8 Å². The molecule has 0 fully saturated rings. The summed E-state index contributed by atoms with van der Waals surface area (Å²) in [5.74, 6) is -2.77. The summed E-state index contributed by atoms with van der Waals surface area (Å²) in [5.41, 5.74) is -2.76. The molecule has 4 atom stereocenters. The molecule has 4 unspecified atom stereocenters. The fourth-order valence-corrected chi connectivity index (χ4v) is 4.97. The summed E-state index contributed by atoms with van der Waals surface area (Å²) >= 11 is 0. The molecule has 0 aliphatic carbocycles. The number of Topliss-reactive ketones (excluding diaryl/α,β-unsaturated/α-hetero) is 3. The largest absolute Gasteiger partial charge is 0.386 e. The Morgan fingerprint density at radius 3 is 1.51 bits per heavy atom. The fourth-order valence-electron chi connectivity index (χ4n) is 4.97. The molecule has 6 nitrogen and oxygen atoms in total. The molecule has 0 bridgehead atoms. The second-order valence-electron chi connectivity index (χ2n) is 10.9. The molecule has 0 aromatic rings. The molecule has 0 rings (SSSR count). The van der Waals surface area contributed by atoms with Gasteiger partial charge in [-0.15, -0.1) is 0 Å².